The molecule has 1 amide bonds. The van der Waals surface area contributed by atoms with Crippen LogP contribution in [0.4, 0.5) is 0 Å². The SMILES string of the molecule is C=C(C)COCCNC(=O)C(c1ccccc1)C(C)CC. The van der Waals surface area contributed by atoms with Gasteiger partial charge in [0, 0.05) is 6.54 Å². The molecule has 0 saturated heterocycles. The van der Waals surface area contributed by atoms with Crippen LogP contribution in [-0.2, 0) is 9.53 Å². The Hall–Kier alpha value is -1.61. The van der Waals surface area contributed by atoms with Crippen molar-refractivity contribution in [1.29, 1.82) is 0 Å². The number of ether oxygens (including phenoxy) is 1. The predicted octanol–water partition coefficient (Wildman–Crippen LogP) is 3.53. The van der Waals surface area contributed by atoms with Gasteiger partial charge in [0.25, 0.3) is 0 Å². The highest BCUT2D eigenvalue weighted by Crippen LogP contribution is 2.26. The molecule has 0 aliphatic heterocycles. The van der Waals surface area contributed by atoms with Crippen molar-refractivity contribution in [3.05, 3.63) is 48.0 Å². The molecule has 0 spiro atoms. The molecule has 0 aliphatic carbocycles. The Morgan fingerprint density at radius 3 is 2.57 bits per heavy atom. The summed E-state index contributed by atoms with van der Waals surface area (Å²) in [6.07, 6.45) is 0.971. The Morgan fingerprint density at radius 1 is 1.33 bits per heavy atom. The molecule has 0 saturated carbocycles. The van der Waals surface area contributed by atoms with Crippen molar-refractivity contribution in [2.24, 2.45) is 5.92 Å². The lowest BCUT2D eigenvalue weighted by molar-refractivity contribution is -0.123. The minimum atomic E-state index is -0.0997. The molecule has 0 aliphatic rings. The molecule has 116 valence electrons. The van der Waals surface area contributed by atoms with Gasteiger partial charge >= 0.3 is 0 Å². The van der Waals surface area contributed by atoms with Crippen molar-refractivity contribution in [2.75, 3.05) is 19.8 Å². The number of carbonyl (C=O) groups is 1. The lowest BCUT2D eigenvalue weighted by atomic mass is 9.85. The number of carbonyl (C=O) groups excluding carboxylic acids is 1. The zero-order valence-electron chi connectivity index (χ0n) is 13.4. The van der Waals surface area contributed by atoms with Gasteiger partial charge in [0.15, 0.2) is 0 Å². The first kappa shape index (κ1) is 17.4. The lowest BCUT2D eigenvalue weighted by Gasteiger charge is -2.22. The van der Waals surface area contributed by atoms with E-state index in [0.29, 0.717) is 25.7 Å². The van der Waals surface area contributed by atoms with E-state index in [9.17, 15) is 4.79 Å². The molecule has 3 nitrogen and oxygen atoms in total. The molecule has 2 unspecified atom stereocenters. The molecule has 0 radical (unpaired) electrons. The topological polar surface area (TPSA) is 38.3 Å². The second kappa shape index (κ2) is 9.35. The Bertz CT molecular complexity index is 442. The molecule has 1 aromatic rings. The summed E-state index contributed by atoms with van der Waals surface area (Å²) in [4.78, 5) is 12.5. The fourth-order valence-electron chi connectivity index (χ4n) is 2.24. The largest absolute Gasteiger partial charge is 0.375 e. The standard InChI is InChI=1S/C18H27NO2/c1-5-15(4)17(16-9-7-6-8-10-16)18(20)19-11-12-21-13-14(2)3/h6-10,15,17H,2,5,11-13H2,1,3-4H3,(H,19,20). The molecule has 0 fully saturated rings. The number of benzene rings is 1. The van der Waals surface area contributed by atoms with E-state index >= 15 is 0 Å². The molecule has 3 heteroatoms. The summed E-state index contributed by atoms with van der Waals surface area (Å²) in [6.45, 7) is 11.5. The van der Waals surface area contributed by atoms with Crippen LogP contribution < -0.4 is 5.32 Å². The first-order valence-corrected chi connectivity index (χ1v) is 7.61. The zero-order valence-corrected chi connectivity index (χ0v) is 13.4. The second-order valence-electron chi connectivity index (χ2n) is 5.57. The average Bonchev–Trinajstić information content (AvgIpc) is 2.47. The van der Waals surface area contributed by atoms with Crippen molar-refractivity contribution in [1.82, 2.24) is 5.32 Å². The van der Waals surface area contributed by atoms with Crippen LogP contribution in [0.3, 0.4) is 0 Å². The van der Waals surface area contributed by atoms with Gasteiger partial charge in [0.1, 0.15) is 0 Å². The van der Waals surface area contributed by atoms with Crippen molar-refractivity contribution in [3.8, 4) is 0 Å². The van der Waals surface area contributed by atoms with Gasteiger partial charge in [-0.2, -0.15) is 0 Å². The molecule has 21 heavy (non-hydrogen) atoms. The third-order valence-corrected chi connectivity index (χ3v) is 3.55. The van der Waals surface area contributed by atoms with Crippen LogP contribution in [0.2, 0.25) is 0 Å². The van der Waals surface area contributed by atoms with E-state index in [4.69, 9.17) is 4.74 Å². The van der Waals surface area contributed by atoms with E-state index in [1.165, 1.54) is 0 Å². The Labute approximate surface area is 128 Å². The number of nitrogens with one attached hydrogen (secondary N) is 1. The highest BCUT2D eigenvalue weighted by Gasteiger charge is 2.25. The predicted molar refractivity (Wildman–Crippen MR) is 87.3 cm³/mol. The highest BCUT2D eigenvalue weighted by molar-refractivity contribution is 5.83. The molecule has 1 N–H and O–H groups in total. The first-order chi connectivity index (χ1) is 10.1. The van der Waals surface area contributed by atoms with E-state index in [1.54, 1.807) is 0 Å². The molecule has 2 atom stereocenters. The summed E-state index contributed by atoms with van der Waals surface area (Å²) in [5.41, 5.74) is 2.07. The van der Waals surface area contributed by atoms with Gasteiger partial charge in [0.05, 0.1) is 19.1 Å². The fraction of sp³-hybridized carbons (Fsp3) is 0.500. The van der Waals surface area contributed by atoms with Gasteiger partial charge in [-0.05, 0) is 18.4 Å². The molecule has 1 rings (SSSR count). The Balaban J connectivity index is 2.55. The molecular weight excluding hydrogens is 262 g/mol. The number of rotatable bonds is 9. The van der Waals surface area contributed by atoms with Crippen molar-refractivity contribution >= 4 is 5.91 Å². The molecular formula is C18H27NO2. The quantitative estimate of drug-likeness (QED) is 0.558. The third-order valence-electron chi connectivity index (χ3n) is 3.55. The first-order valence-electron chi connectivity index (χ1n) is 7.61. The van der Waals surface area contributed by atoms with Crippen LogP contribution in [0.15, 0.2) is 42.5 Å². The maximum Gasteiger partial charge on any atom is 0.227 e. The van der Waals surface area contributed by atoms with Crippen molar-refractivity contribution in [2.45, 2.75) is 33.1 Å². The fourth-order valence-corrected chi connectivity index (χ4v) is 2.24. The third kappa shape index (κ3) is 6.13. The molecule has 0 aromatic heterocycles. The highest BCUT2D eigenvalue weighted by atomic mass is 16.5. The van der Waals surface area contributed by atoms with E-state index in [1.807, 2.05) is 37.3 Å². The second-order valence-corrected chi connectivity index (χ2v) is 5.57. The average molecular weight is 289 g/mol. The normalized spacial score (nSPS) is 13.5. The summed E-state index contributed by atoms with van der Waals surface area (Å²) in [5, 5.41) is 2.98. The van der Waals surface area contributed by atoms with E-state index in [-0.39, 0.29) is 11.8 Å². The summed E-state index contributed by atoms with van der Waals surface area (Å²) < 4.78 is 5.40. The van der Waals surface area contributed by atoms with E-state index < -0.39 is 0 Å². The summed E-state index contributed by atoms with van der Waals surface area (Å²) in [7, 11) is 0. The maximum atomic E-state index is 12.5. The Morgan fingerprint density at radius 2 is 2.00 bits per heavy atom. The Kier molecular flexibility index (Phi) is 7.76. The smallest absolute Gasteiger partial charge is 0.227 e. The van der Waals surface area contributed by atoms with Gasteiger partial charge in [0.2, 0.25) is 5.91 Å². The van der Waals surface area contributed by atoms with Gasteiger partial charge < -0.3 is 10.1 Å². The molecule has 0 bridgehead atoms. The van der Waals surface area contributed by atoms with Gasteiger partial charge in [-0.15, -0.1) is 0 Å². The van der Waals surface area contributed by atoms with Crippen molar-refractivity contribution in [3.63, 3.8) is 0 Å². The minimum absolute atomic E-state index is 0.0782. The van der Waals surface area contributed by atoms with Gasteiger partial charge in [-0.25, -0.2) is 0 Å². The van der Waals surface area contributed by atoms with Crippen molar-refractivity contribution < 1.29 is 9.53 Å². The van der Waals surface area contributed by atoms with Gasteiger partial charge in [-0.3, -0.25) is 4.79 Å². The number of hydrogen-bond donors (Lipinski definition) is 1. The summed E-state index contributed by atoms with van der Waals surface area (Å²) >= 11 is 0. The molecule has 0 heterocycles. The maximum absolute atomic E-state index is 12.5. The monoisotopic (exact) mass is 289 g/mol. The zero-order chi connectivity index (χ0) is 15.7. The van der Waals surface area contributed by atoms with E-state index in [2.05, 4.69) is 25.7 Å². The minimum Gasteiger partial charge on any atom is -0.375 e. The van der Waals surface area contributed by atoms with Crippen LogP contribution in [0.1, 0.15) is 38.7 Å². The lowest BCUT2D eigenvalue weighted by Crippen LogP contribution is -2.34. The van der Waals surface area contributed by atoms with Gasteiger partial charge in [-0.1, -0.05) is 62.8 Å². The summed E-state index contributed by atoms with van der Waals surface area (Å²) in [6, 6.07) is 9.98. The number of hydrogen-bond acceptors (Lipinski definition) is 2. The summed E-state index contributed by atoms with van der Waals surface area (Å²) in [5.74, 6) is 0.288. The molecule has 1 aromatic carbocycles. The van der Waals surface area contributed by atoms with Crippen LogP contribution in [-0.4, -0.2) is 25.7 Å². The van der Waals surface area contributed by atoms with Crippen LogP contribution >= 0.6 is 0 Å². The number of amides is 1. The van der Waals surface area contributed by atoms with Crippen LogP contribution in [0.5, 0.6) is 0 Å². The van der Waals surface area contributed by atoms with E-state index in [0.717, 1.165) is 17.6 Å². The van der Waals surface area contributed by atoms with Crippen LogP contribution in [0, 0.1) is 5.92 Å². The van der Waals surface area contributed by atoms with Crippen LogP contribution in [0.25, 0.3) is 0 Å².